The zero-order chi connectivity index (χ0) is 18.4. The Morgan fingerprint density at radius 3 is 2.64 bits per heavy atom. The molecule has 0 aliphatic carbocycles. The molecular formula is C17H22N2O5S. The number of hydrogen-bond donors (Lipinski definition) is 2. The summed E-state index contributed by atoms with van der Waals surface area (Å²) in [5, 5.41) is 12.2. The van der Waals surface area contributed by atoms with E-state index in [2.05, 4.69) is 5.32 Å². The van der Waals surface area contributed by atoms with Crippen LogP contribution in [0.4, 0.5) is 5.69 Å². The van der Waals surface area contributed by atoms with Crippen LogP contribution in [-0.4, -0.2) is 41.5 Å². The van der Waals surface area contributed by atoms with Crippen molar-refractivity contribution in [2.24, 2.45) is 0 Å². The lowest BCUT2D eigenvalue weighted by Crippen LogP contribution is -2.24. The molecule has 2 N–H and O–H groups in total. The van der Waals surface area contributed by atoms with E-state index < -0.39 is 27.5 Å². The number of unbranched alkanes of at least 4 members (excludes halogenated alkanes) is 2. The van der Waals surface area contributed by atoms with Crippen molar-refractivity contribution in [3.05, 3.63) is 30.5 Å². The fraction of sp³-hybridized carbons (Fsp3) is 0.412. The molecule has 1 heterocycles. The number of anilines is 1. The third-order valence-electron chi connectivity index (χ3n) is 3.77. The monoisotopic (exact) mass is 366 g/mol. The lowest BCUT2D eigenvalue weighted by atomic mass is 10.2. The van der Waals surface area contributed by atoms with Gasteiger partial charge in [-0.15, -0.1) is 0 Å². The number of benzene rings is 1. The van der Waals surface area contributed by atoms with Crippen LogP contribution in [-0.2, 0) is 26.0 Å². The molecule has 1 amide bonds. The average molecular weight is 366 g/mol. The van der Waals surface area contributed by atoms with Crippen LogP contribution in [0.2, 0.25) is 0 Å². The van der Waals surface area contributed by atoms with Crippen molar-refractivity contribution in [2.45, 2.75) is 32.7 Å². The molecule has 2 rings (SSSR count). The quantitative estimate of drug-likeness (QED) is 0.662. The number of sulfone groups is 1. The van der Waals surface area contributed by atoms with Gasteiger partial charge in [-0.1, -0.05) is 19.8 Å². The lowest BCUT2D eigenvalue weighted by molar-refractivity contribution is -0.137. The van der Waals surface area contributed by atoms with E-state index in [4.69, 9.17) is 5.11 Å². The van der Waals surface area contributed by atoms with Crippen LogP contribution in [0, 0.1) is 0 Å². The Kier molecular flexibility index (Phi) is 6.19. The van der Waals surface area contributed by atoms with E-state index in [9.17, 15) is 18.0 Å². The predicted octanol–water partition coefficient (Wildman–Crippen LogP) is 2.27. The fourth-order valence-corrected chi connectivity index (χ4v) is 3.86. The molecule has 0 bridgehead atoms. The molecule has 2 aromatic rings. The molecule has 0 unspecified atom stereocenters. The van der Waals surface area contributed by atoms with Gasteiger partial charge in [0.1, 0.15) is 12.3 Å². The van der Waals surface area contributed by atoms with Crippen LogP contribution < -0.4 is 5.32 Å². The van der Waals surface area contributed by atoms with Gasteiger partial charge in [0, 0.05) is 22.8 Å². The lowest BCUT2D eigenvalue weighted by Gasteiger charge is -2.07. The first-order valence-electron chi connectivity index (χ1n) is 8.11. The Labute approximate surface area is 146 Å². The molecule has 7 nitrogen and oxygen atoms in total. The molecule has 0 aliphatic rings. The van der Waals surface area contributed by atoms with Crippen LogP contribution in [0.25, 0.3) is 10.9 Å². The van der Waals surface area contributed by atoms with Crippen LogP contribution in [0.3, 0.4) is 0 Å². The summed E-state index contributed by atoms with van der Waals surface area (Å²) in [5.74, 6) is -2.02. The molecule has 0 saturated carbocycles. The van der Waals surface area contributed by atoms with Crippen LogP contribution in [0.5, 0.6) is 0 Å². The number of amides is 1. The maximum Gasteiger partial charge on any atom is 0.323 e. The van der Waals surface area contributed by atoms with E-state index >= 15 is 0 Å². The highest BCUT2D eigenvalue weighted by Crippen LogP contribution is 2.20. The summed E-state index contributed by atoms with van der Waals surface area (Å²) in [6.07, 6.45) is 3.96. The number of carbonyl (C=O) groups is 2. The van der Waals surface area contributed by atoms with E-state index in [-0.39, 0.29) is 12.3 Å². The highest BCUT2D eigenvalue weighted by atomic mass is 32.2. The number of carboxylic acids is 1. The molecular weight excluding hydrogens is 344 g/mol. The van der Waals surface area contributed by atoms with Crippen LogP contribution in [0.1, 0.15) is 26.2 Å². The minimum Gasteiger partial charge on any atom is -0.480 e. The second-order valence-electron chi connectivity index (χ2n) is 5.96. The van der Waals surface area contributed by atoms with E-state index in [0.717, 1.165) is 23.7 Å². The van der Waals surface area contributed by atoms with Gasteiger partial charge in [-0.05, 0) is 30.7 Å². The Hall–Kier alpha value is -2.35. The Morgan fingerprint density at radius 2 is 1.96 bits per heavy atom. The van der Waals surface area contributed by atoms with Gasteiger partial charge in [-0.3, -0.25) is 9.59 Å². The molecule has 1 aromatic heterocycles. The molecule has 8 heteroatoms. The number of carboxylic acid groups (broad SMARTS) is 1. The smallest absolute Gasteiger partial charge is 0.323 e. The maximum absolute atomic E-state index is 12.0. The molecule has 0 fully saturated rings. The fourth-order valence-electron chi connectivity index (χ4n) is 2.60. The topological polar surface area (TPSA) is 105 Å². The van der Waals surface area contributed by atoms with Crippen molar-refractivity contribution >= 4 is 38.3 Å². The number of nitrogens with zero attached hydrogens (tertiary/aromatic N) is 1. The number of aromatic nitrogens is 1. The van der Waals surface area contributed by atoms with Gasteiger partial charge in [0.15, 0.2) is 9.84 Å². The highest BCUT2D eigenvalue weighted by Gasteiger charge is 2.16. The first-order valence-corrected chi connectivity index (χ1v) is 9.94. The number of rotatable bonds is 9. The van der Waals surface area contributed by atoms with E-state index in [1.807, 2.05) is 6.92 Å². The number of carbonyl (C=O) groups excluding carboxylic acids is 1. The Bertz CT molecular complexity index is 870. The standard InChI is InChI=1S/C17H22N2O5S/c1-2-3-4-9-25(23,24)12-16(20)18-14-5-6-15-13(10-14)7-8-19(15)11-17(21)22/h5-8,10H,2-4,9,11-12H2,1H3,(H,18,20)(H,21,22). The second-order valence-corrected chi connectivity index (χ2v) is 8.14. The average Bonchev–Trinajstić information content (AvgIpc) is 2.88. The Morgan fingerprint density at radius 1 is 1.20 bits per heavy atom. The van der Waals surface area contributed by atoms with Crippen molar-refractivity contribution in [1.29, 1.82) is 0 Å². The van der Waals surface area contributed by atoms with Gasteiger partial charge < -0.3 is 15.0 Å². The zero-order valence-corrected chi connectivity index (χ0v) is 14.9. The minimum atomic E-state index is -3.41. The first kappa shape index (κ1) is 19.0. The SMILES string of the molecule is CCCCCS(=O)(=O)CC(=O)Nc1ccc2c(ccn2CC(=O)O)c1. The van der Waals surface area contributed by atoms with E-state index in [1.54, 1.807) is 35.0 Å². The van der Waals surface area contributed by atoms with Gasteiger partial charge in [-0.25, -0.2) is 8.42 Å². The van der Waals surface area contributed by atoms with Crippen LogP contribution in [0.15, 0.2) is 30.5 Å². The Balaban J connectivity index is 2.02. The maximum atomic E-state index is 12.0. The first-order chi connectivity index (χ1) is 11.8. The third-order valence-corrected chi connectivity index (χ3v) is 5.38. The predicted molar refractivity (Wildman–Crippen MR) is 96.4 cm³/mol. The van der Waals surface area contributed by atoms with Crippen molar-refractivity contribution in [3.63, 3.8) is 0 Å². The summed E-state index contributed by atoms with van der Waals surface area (Å²) >= 11 is 0. The summed E-state index contributed by atoms with van der Waals surface area (Å²) < 4.78 is 25.4. The van der Waals surface area contributed by atoms with Gasteiger partial charge in [-0.2, -0.15) is 0 Å². The van der Waals surface area contributed by atoms with Gasteiger partial charge in [0.05, 0.1) is 5.75 Å². The molecule has 0 saturated heterocycles. The summed E-state index contributed by atoms with van der Waals surface area (Å²) in [4.78, 5) is 22.8. The number of aliphatic carboxylic acids is 1. The van der Waals surface area contributed by atoms with Crippen molar-refractivity contribution in [1.82, 2.24) is 4.57 Å². The van der Waals surface area contributed by atoms with Gasteiger partial charge in [0.25, 0.3) is 0 Å². The van der Waals surface area contributed by atoms with Gasteiger partial charge >= 0.3 is 5.97 Å². The number of nitrogens with one attached hydrogen (secondary N) is 1. The zero-order valence-electron chi connectivity index (χ0n) is 14.1. The summed E-state index contributed by atoms with van der Waals surface area (Å²) in [7, 11) is -3.41. The van der Waals surface area contributed by atoms with Crippen LogP contribution >= 0.6 is 0 Å². The second kappa shape index (κ2) is 8.15. The number of fused-ring (bicyclic) bond motifs is 1. The summed E-state index contributed by atoms with van der Waals surface area (Å²) in [5.41, 5.74) is 1.21. The molecule has 0 spiro atoms. The minimum absolute atomic E-state index is 0.0192. The van der Waals surface area contributed by atoms with E-state index in [1.165, 1.54) is 0 Å². The molecule has 136 valence electrons. The summed E-state index contributed by atoms with van der Waals surface area (Å²) in [6.45, 7) is 1.84. The van der Waals surface area contributed by atoms with Crippen molar-refractivity contribution in [2.75, 3.05) is 16.8 Å². The summed E-state index contributed by atoms with van der Waals surface area (Å²) in [6, 6.07) is 6.76. The third kappa shape index (κ3) is 5.60. The molecule has 0 atom stereocenters. The van der Waals surface area contributed by atoms with E-state index in [0.29, 0.717) is 12.1 Å². The largest absolute Gasteiger partial charge is 0.480 e. The molecule has 1 aromatic carbocycles. The molecule has 25 heavy (non-hydrogen) atoms. The highest BCUT2D eigenvalue weighted by molar-refractivity contribution is 7.92. The normalized spacial score (nSPS) is 11.6. The molecule has 0 radical (unpaired) electrons. The van der Waals surface area contributed by atoms with Crippen molar-refractivity contribution < 1.29 is 23.1 Å². The van der Waals surface area contributed by atoms with Gasteiger partial charge in [0.2, 0.25) is 5.91 Å². The van der Waals surface area contributed by atoms with Crippen molar-refractivity contribution in [3.8, 4) is 0 Å². The number of hydrogen-bond acceptors (Lipinski definition) is 4. The molecule has 0 aliphatic heterocycles.